The number of nitrogen functional groups attached to an aromatic ring is 1. The Hall–Kier alpha value is -1.29. The van der Waals surface area contributed by atoms with Crippen molar-refractivity contribution in [3.05, 3.63) is 32.8 Å². The Morgan fingerprint density at radius 2 is 2.17 bits per heavy atom. The summed E-state index contributed by atoms with van der Waals surface area (Å²) in [5.74, 6) is 0. The first-order chi connectivity index (χ1) is 5.54. The number of benzene rings is 1. The lowest BCUT2D eigenvalue weighted by Crippen LogP contribution is -1.95. The molecule has 0 aliphatic carbocycles. The van der Waals surface area contributed by atoms with Gasteiger partial charge in [0.05, 0.1) is 10.6 Å². The molecule has 1 aromatic carbocycles. The summed E-state index contributed by atoms with van der Waals surface area (Å²) in [7, 11) is 0. The van der Waals surface area contributed by atoms with Crippen molar-refractivity contribution in [2.45, 2.75) is 6.92 Å². The lowest BCUT2D eigenvalue weighted by molar-refractivity contribution is -0.384. The van der Waals surface area contributed by atoms with Crippen LogP contribution in [0.2, 0.25) is 5.02 Å². The van der Waals surface area contributed by atoms with Crippen molar-refractivity contribution >= 4 is 23.0 Å². The molecule has 1 aromatic rings. The van der Waals surface area contributed by atoms with Gasteiger partial charge in [-0.2, -0.15) is 0 Å². The third-order valence-corrected chi connectivity index (χ3v) is 1.97. The van der Waals surface area contributed by atoms with Gasteiger partial charge in [-0.3, -0.25) is 10.1 Å². The number of nitrogens with zero attached hydrogens (tertiary/aromatic N) is 1. The van der Waals surface area contributed by atoms with Crippen LogP contribution in [0.25, 0.3) is 0 Å². The Kier molecular flexibility index (Phi) is 2.19. The zero-order valence-electron chi connectivity index (χ0n) is 6.37. The number of hydrogen-bond acceptors (Lipinski definition) is 3. The van der Waals surface area contributed by atoms with Crippen molar-refractivity contribution in [2.24, 2.45) is 0 Å². The van der Waals surface area contributed by atoms with Crippen LogP contribution < -0.4 is 5.73 Å². The molecule has 64 valence electrons. The molecular formula is C7H7ClN2O2. The fourth-order valence-electron chi connectivity index (χ4n) is 0.819. The van der Waals surface area contributed by atoms with Crippen LogP contribution in [0.15, 0.2) is 12.1 Å². The Balaban J connectivity index is 3.36. The van der Waals surface area contributed by atoms with Crippen LogP contribution in [-0.2, 0) is 0 Å². The van der Waals surface area contributed by atoms with Gasteiger partial charge in [-0.05, 0) is 12.5 Å². The smallest absolute Gasteiger partial charge is 0.290 e. The molecule has 0 heterocycles. The van der Waals surface area contributed by atoms with Crippen LogP contribution in [0, 0.1) is 17.0 Å². The first-order valence-corrected chi connectivity index (χ1v) is 3.61. The molecule has 0 saturated heterocycles. The number of aryl methyl sites for hydroxylation is 1. The van der Waals surface area contributed by atoms with E-state index in [2.05, 4.69) is 0 Å². The number of halogens is 1. The average Bonchev–Trinajstić information content (AvgIpc) is 2.00. The standard InChI is InChI=1S/C7H7ClN2O2/c1-4-2-3-5(10(11)12)6(8)7(4)9/h2-3H,9H2,1H3. The average molecular weight is 187 g/mol. The van der Waals surface area contributed by atoms with E-state index in [4.69, 9.17) is 17.3 Å². The van der Waals surface area contributed by atoms with Crippen LogP contribution in [0.4, 0.5) is 11.4 Å². The predicted molar refractivity (Wildman–Crippen MR) is 47.3 cm³/mol. The fraction of sp³-hybridized carbons (Fsp3) is 0.143. The van der Waals surface area contributed by atoms with E-state index in [1.165, 1.54) is 6.07 Å². The van der Waals surface area contributed by atoms with Crippen molar-refractivity contribution in [1.29, 1.82) is 0 Å². The van der Waals surface area contributed by atoms with Crippen LogP contribution >= 0.6 is 11.6 Å². The second-order valence-electron chi connectivity index (χ2n) is 2.39. The van der Waals surface area contributed by atoms with Crippen LogP contribution in [-0.4, -0.2) is 4.92 Å². The molecule has 0 fully saturated rings. The van der Waals surface area contributed by atoms with Crippen LogP contribution in [0.3, 0.4) is 0 Å². The maximum absolute atomic E-state index is 10.4. The van der Waals surface area contributed by atoms with E-state index in [1.54, 1.807) is 13.0 Å². The van der Waals surface area contributed by atoms with Gasteiger partial charge in [0.1, 0.15) is 5.02 Å². The Morgan fingerprint density at radius 3 is 2.67 bits per heavy atom. The number of anilines is 1. The first-order valence-electron chi connectivity index (χ1n) is 3.23. The highest BCUT2D eigenvalue weighted by atomic mass is 35.5. The SMILES string of the molecule is Cc1ccc([N+](=O)[O-])c(Cl)c1N. The summed E-state index contributed by atoms with van der Waals surface area (Å²) in [5, 5.41) is 10.4. The molecule has 0 bridgehead atoms. The largest absolute Gasteiger partial charge is 0.397 e. The van der Waals surface area contributed by atoms with Crippen LogP contribution in [0.1, 0.15) is 5.56 Å². The summed E-state index contributed by atoms with van der Waals surface area (Å²) in [6.07, 6.45) is 0. The minimum absolute atomic E-state index is 0.0139. The van der Waals surface area contributed by atoms with Crippen molar-refractivity contribution in [3.63, 3.8) is 0 Å². The van der Waals surface area contributed by atoms with Gasteiger partial charge in [0.2, 0.25) is 0 Å². The number of nitrogens with two attached hydrogens (primary N) is 1. The third-order valence-electron chi connectivity index (χ3n) is 1.57. The topological polar surface area (TPSA) is 69.2 Å². The molecule has 0 saturated carbocycles. The fourth-order valence-corrected chi connectivity index (χ4v) is 1.10. The summed E-state index contributed by atoms with van der Waals surface area (Å²) >= 11 is 5.63. The molecular weight excluding hydrogens is 180 g/mol. The molecule has 0 spiro atoms. The van der Waals surface area contributed by atoms with Crippen molar-refractivity contribution in [3.8, 4) is 0 Å². The molecule has 0 aliphatic heterocycles. The molecule has 4 nitrogen and oxygen atoms in total. The molecule has 0 radical (unpaired) electrons. The van der Waals surface area contributed by atoms with Crippen LogP contribution in [0.5, 0.6) is 0 Å². The minimum Gasteiger partial charge on any atom is -0.397 e. The first kappa shape index (κ1) is 8.80. The molecule has 0 aromatic heterocycles. The summed E-state index contributed by atoms with van der Waals surface area (Å²) in [5.41, 5.74) is 6.34. The van der Waals surface area contributed by atoms with E-state index in [1.807, 2.05) is 0 Å². The van der Waals surface area contributed by atoms with Gasteiger partial charge >= 0.3 is 0 Å². The summed E-state index contributed by atoms with van der Waals surface area (Å²) < 4.78 is 0. The summed E-state index contributed by atoms with van der Waals surface area (Å²) in [6.45, 7) is 1.74. The van der Waals surface area contributed by atoms with E-state index in [0.717, 1.165) is 5.56 Å². The molecule has 2 N–H and O–H groups in total. The van der Waals surface area contributed by atoms with Crippen molar-refractivity contribution in [2.75, 3.05) is 5.73 Å². The lowest BCUT2D eigenvalue weighted by Gasteiger charge is -2.01. The van der Waals surface area contributed by atoms with Crippen molar-refractivity contribution in [1.82, 2.24) is 0 Å². The second kappa shape index (κ2) is 2.98. The molecule has 0 unspecified atom stereocenters. The van der Waals surface area contributed by atoms with Gasteiger partial charge in [-0.15, -0.1) is 0 Å². The Morgan fingerprint density at radius 1 is 1.58 bits per heavy atom. The van der Waals surface area contributed by atoms with Crippen molar-refractivity contribution < 1.29 is 4.92 Å². The predicted octanol–water partition coefficient (Wildman–Crippen LogP) is 2.14. The highest BCUT2D eigenvalue weighted by Gasteiger charge is 2.15. The number of nitro groups is 1. The highest BCUT2D eigenvalue weighted by molar-refractivity contribution is 6.35. The number of nitro benzene ring substituents is 1. The highest BCUT2D eigenvalue weighted by Crippen LogP contribution is 2.31. The zero-order chi connectivity index (χ0) is 9.30. The molecule has 0 atom stereocenters. The Labute approximate surface area is 74.1 Å². The Bertz CT molecular complexity index is 338. The normalized spacial score (nSPS) is 9.83. The second-order valence-corrected chi connectivity index (χ2v) is 2.76. The molecule has 0 aliphatic rings. The molecule has 5 heteroatoms. The van der Waals surface area contributed by atoms with E-state index in [-0.39, 0.29) is 16.4 Å². The quantitative estimate of drug-likeness (QED) is 0.415. The van der Waals surface area contributed by atoms with E-state index in [0.29, 0.717) is 0 Å². The summed E-state index contributed by atoms with van der Waals surface area (Å²) in [6, 6.07) is 2.91. The van der Waals surface area contributed by atoms with E-state index in [9.17, 15) is 10.1 Å². The van der Waals surface area contributed by atoms with E-state index >= 15 is 0 Å². The monoisotopic (exact) mass is 186 g/mol. The zero-order valence-corrected chi connectivity index (χ0v) is 7.13. The third kappa shape index (κ3) is 1.33. The summed E-state index contributed by atoms with van der Waals surface area (Å²) in [4.78, 5) is 9.79. The minimum atomic E-state index is -0.557. The van der Waals surface area contributed by atoms with Gasteiger partial charge in [-0.1, -0.05) is 17.7 Å². The van der Waals surface area contributed by atoms with Gasteiger partial charge in [0, 0.05) is 6.07 Å². The lowest BCUT2D eigenvalue weighted by atomic mass is 10.2. The van der Waals surface area contributed by atoms with Gasteiger partial charge in [-0.25, -0.2) is 0 Å². The molecule has 1 rings (SSSR count). The molecule has 0 amide bonds. The maximum atomic E-state index is 10.4. The van der Waals surface area contributed by atoms with Gasteiger partial charge in [0.25, 0.3) is 5.69 Å². The maximum Gasteiger partial charge on any atom is 0.290 e. The van der Waals surface area contributed by atoms with Gasteiger partial charge in [0.15, 0.2) is 0 Å². The number of hydrogen-bond donors (Lipinski definition) is 1. The van der Waals surface area contributed by atoms with Gasteiger partial charge < -0.3 is 5.73 Å². The molecule has 12 heavy (non-hydrogen) atoms. The van der Waals surface area contributed by atoms with E-state index < -0.39 is 4.92 Å². The number of rotatable bonds is 1.